The standard InChI is InChI=1S/C18H29N3O3/c1-14(2)20(3)11-15-6-7-18(24-15)12-21(9-10-23-13-18)17(22)16-5-4-8-19-16/h4-5,8,14-15,19H,6-7,9-13H2,1-3H3. The van der Waals surface area contributed by atoms with Crippen molar-refractivity contribution in [1.82, 2.24) is 14.8 Å². The molecule has 1 aromatic rings. The van der Waals surface area contributed by atoms with Crippen molar-refractivity contribution in [3.05, 3.63) is 24.0 Å². The number of carbonyl (C=O) groups is 1. The second-order valence-corrected chi connectivity index (χ2v) is 7.36. The summed E-state index contributed by atoms with van der Waals surface area (Å²) >= 11 is 0. The Balaban J connectivity index is 1.65. The number of ether oxygens (including phenoxy) is 2. The van der Waals surface area contributed by atoms with E-state index in [4.69, 9.17) is 9.47 Å². The smallest absolute Gasteiger partial charge is 0.270 e. The highest BCUT2D eigenvalue weighted by Gasteiger charge is 2.44. The zero-order chi connectivity index (χ0) is 17.2. The van der Waals surface area contributed by atoms with Crippen LogP contribution in [0.3, 0.4) is 0 Å². The Morgan fingerprint density at radius 2 is 2.38 bits per heavy atom. The number of hydrogen-bond donors (Lipinski definition) is 1. The minimum absolute atomic E-state index is 0.0243. The predicted molar refractivity (Wildman–Crippen MR) is 92.1 cm³/mol. The van der Waals surface area contributed by atoms with Crippen molar-refractivity contribution in [3.8, 4) is 0 Å². The van der Waals surface area contributed by atoms with Gasteiger partial charge in [-0.15, -0.1) is 0 Å². The third kappa shape index (κ3) is 3.82. The molecule has 3 rings (SSSR count). The van der Waals surface area contributed by atoms with Crippen LogP contribution in [0.1, 0.15) is 37.2 Å². The zero-order valence-corrected chi connectivity index (χ0v) is 15.0. The summed E-state index contributed by atoms with van der Waals surface area (Å²) in [7, 11) is 2.13. The first-order chi connectivity index (χ1) is 11.5. The first kappa shape index (κ1) is 17.5. The molecular weight excluding hydrogens is 306 g/mol. The van der Waals surface area contributed by atoms with Gasteiger partial charge in [-0.05, 0) is 45.9 Å². The topological polar surface area (TPSA) is 57.8 Å². The monoisotopic (exact) mass is 335 g/mol. The first-order valence-corrected chi connectivity index (χ1v) is 8.87. The molecule has 2 unspecified atom stereocenters. The zero-order valence-electron chi connectivity index (χ0n) is 15.0. The van der Waals surface area contributed by atoms with Crippen LogP contribution in [0.25, 0.3) is 0 Å². The summed E-state index contributed by atoms with van der Waals surface area (Å²) in [5.74, 6) is 0.0243. The Labute approximate surface area is 144 Å². The lowest BCUT2D eigenvalue weighted by molar-refractivity contribution is -0.0901. The SMILES string of the molecule is CC(C)N(C)CC1CCC2(COCCN(C(=O)c3ccc[nH]3)C2)O1. The van der Waals surface area contributed by atoms with Crippen LogP contribution in [0.2, 0.25) is 0 Å². The van der Waals surface area contributed by atoms with Crippen LogP contribution in [-0.4, -0.2) is 78.3 Å². The van der Waals surface area contributed by atoms with E-state index >= 15 is 0 Å². The van der Waals surface area contributed by atoms with Gasteiger partial charge in [0.1, 0.15) is 11.3 Å². The maximum atomic E-state index is 12.7. The highest BCUT2D eigenvalue weighted by Crippen LogP contribution is 2.33. The van der Waals surface area contributed by atoms with Gasteiger partial charge in [-0.3, -0.25) is 4.79 Å². The molecule has 2 fully saturated rings. The molecule has 2 saturated heterocycles. The molecule has 134 valence electrons. The fourth-order valence-electron chi connectivity index (χ4n) is 3.49. The maximum absolute atomic E-state index is 12.7. The van der Waals surface area contributed by atoms with Crippen molar-refractivity contribution in [3.63, 3.8) is 0 Å². The Morgan fingerprint density at radius 1 is 1.54 bits per heavy atom. The van der Waals surface area contributed by atoms with E-state index in [1.165, 1.54) is 0 Å². The van der Waals surface area contributed by atoms with Crippen LogP contribution in [0, 0.1) is 0 Å². The molecule has 1 spiro atoms. The van der Waals surface area contributed by atoms with Gasteiger partial charge in [0.25, 0.3) is 5.91 Å². The van der Waals surface area contributed by atoms with Crippen molar-refractivity contribution in [1.29, 1.82) is 0 Å². The molecule has 2 atom stereocenters. The van der Waals surface area contributed by atoms with Gasteiger partial charge < -0.3 is 24.3 Å². The molecule has 0 aromatic carbocycles. The van der Waals surface area contributed by atoms with Gasteiger partial charge >= 0.3 is 0 Å². The molecular formula is C18H29N3O3. The molecule has 3 heterocycles. The van der Waals surface area contributed by atoms with E-state index in [-0.39, 0.29) is 17.6 Å². The normalized spacial score (nSPS) is 28.0. The minimum Gasteiger partial charge on any atom is -0.377 e. The Morgan fingerprint density at radius 3 is 3.08 bits per heavy atom. The van der Waals surface area contributed by atoms with E-state index < -0.39 is 0 Å². The van der Waals surface area contributed by atoms with Crippen LogP contribution < -0.4 is 0 Å². The van der Waals surface area contributed by atoms with Crippen molar-refractivity contribution in [2.45, 2.75) is 44.4 Å². The second-order valence-electron chi connectivity index (χ2n) is 7.36. The number of likely N-dealkylation sites (N-methyl/N-ethyl adjacent to an activating group) is 1. The van der Waals surface area contributed by atoms with Gasteiger partial charge in [-0.25, -0.2) is 0 Å². The molecule has 2 aliphatic rings. The summed E-state index contributed by atoms with van der Waals surface area (Å²) < 4.78 is 12.2. The third-order valence-corrected chi connectivity index (χ3v) is 5.18. The number of rotatable bonds is 4. The van der Waals surface area contributed by atoms with E-state index in [1.807, 2.05) is 17.0 Å². The molecule has 6 heteroatoms. The van der Waals surface area contributed by atoms with Crippen LogP contribution in [0.4, 0.5) is 0 Å². The molecule has 0 saturated carbocycles. The lowest BCUT2D eigenvalue weighted by Crippen LogP contribution is -2.47. The summed E-state index contributed by atoms with van der Waals surface area (Å²) in [6, 6.07) is 4.17. The summed E-state index contributed by atoms with van der Waals surface area (Å²) in [4.78, 5) is 19.9. The molecule has 0 aliphatic carbocycles. The number of amides is 1. The molecule has 0 radical (unpaired) electrons. The van der Waals surface area contributed by atoms with Gasteiger partial charge in [0.15, 0.2) is 0 Å². The highest BCUT2D eigenvalue weighted by molar-refractivity contribution is 5.92. The average Bonchev–Trinajstić information content (AvgIpc) is 3.15. The Kier molecular flexibility index (Phi) is 5.27. The molecule has 6 nitrogen and oxygen atoms in total. The first-order valence-electron chi connectivity index (χ1n) is 8.87. The van der Waals surface area contributed by atoms with Gasteiger partial charge in [0, 0.05) is 25.3 Å². The van der Waals surface area contributed by atoms with Crippen LogP contribution >= 0.6 is 0 Å². The second kappa shape index (κ2) is 7.25. The van der Waals surface area contributed by atoms with Gasteiger partial charge in [-0.2, -0.15) is 0 Å². The Bertz CT molecular complexity index is 546. The van der Waals surface area contributed by atoms with Crippen molar-refractivity contribution < 1.29 is 14.3 Å². The lowest BCUT2D eigenvalue weighted by atomic mass is 10.00. The Hall–Kier alpha value is -1.37. The number of carbonyl (C=O) groups excluding carboxylic acids is 1. The summed E-state index contributed by atoms with van der Waals surface area (Å²) in [6.45, 7) is 7.65. The van der Waals surface area contributed by atoms with Crippen molar-refractivity contribution in [2.24, 2.45) is 0 Å². The summed E-state index contributed by atoms with van der Waals surface area (Å²) in [6.07, 6.45) is 3.95. The van der Waals surface area contributed by atoms with E-state index in [2.05, 4.69) is 30.8 Å². The molecule has 1 aromatic heterocycles. The number of nitrogens with zero attached hydrogens (tertiary/aromatic N) is 2. The fourth-order valence-corrected chi connectivity index (χ4v) is 3.49. The molecule has 0 bridgehead atoms. The summed E-state index contributed by atoms with van der Waals surface area (Å²) in [5, 5.41) is 0. The van der Waals surface area contributed by atoms with Gasteiger partial charge in [0.2, 0.25) is 0 Å². The number of aromatic amines is 1. The molecule has 24 heavy (non-hydrogen) atoms. The van der Waals surface area contributed by atoms with E-state index in [9.17, 15) is 4.79 Å². The highest BCUT2D eigenvalue weighted by atomic mass is 16.6. The molecule has 1 N–H and O–H groups in total. The van der Waals surface area contributed by atoms with Crippen molar-refractivity contribution in [2.75, 3.05) is 39.9 Å². The van der Waals surface area contributed by atoms with E-state index in [0.29, 0.717) is 38.0 Å². The quantitative estimate of drug-likeness (QED) is 0.911. The number of H-pyrrole nitrogens is 1. The van der Waals surface area contributed by atoms with E-state index in [1.54, 1.807) is 6.20 Å². The molecule has 1 amide bonds. The van der Waals surface area contributed by atoms with E-state index in [0.717, 1.165) is 19.4 Å². The fraction of sp³-hybridized carbons (Fsp3) is 0.722. The average molecular weight is 335 g/mol. The summed E-state index contributed by atoms with van der Waals surface area (Å²) in [5.41, 5.74) is 0.266. The largest absolute Gasteiger partial charge is 0.377 e. The number of hydrogen-bond acceptors (Lipinski definition) is 4. The molecule has 2 aliphatic heterocycles. The van der Waals surface area contributed by atoms with Crippen LogP contribution in [0.5, 0.6) is 0 Å². The number of aromatic nitrogens is 1. The predicted octanol–water partition coefficient (Wildman–Crippen LogP) is 1.75. The van der Waals surface area contributed by atoms with Crippen molar-refractivity contribution >= 4 is 5.91 Å². The van der Waals surface area contributed by atoms with Crippen LogP contribution in [-0.2, 0) is 9.47 Å². The van der Waals surface area contributed by atoms with Crippen LogP contribution in [0.15, 0.2) is 18.3 Å². The minimum atomic E-state index is -0.360. The lowest BCUT2D eigenvalue weighted by Gasteiger charge is -2.32. The third-order valence-electron chi connectivity index (χ3n) is 5.18. The van der Waals surface area contributed by atoms with Gasteiger partial charge in [-0.1, -0.05) is 0 Å². The van der Waals surface area contributed by atoms with Gasteiger partial charge in [0.05, 0.1) is 25.9 Å². The maximum Gasteiger partial charge on any atom is 0.270 e. The number of nitrogens with one attached hydrogen (secondary N) is 1.